The molecule has 24 heavy (non-hydrogen) atoms. The Hall–Kier alpha value is -0.0900. The van der Waals surface area contributed by atoms with Crippen molar-refractivity contribution in [3.05, 3.63) is 21.3 Å². The molecule has 0 radical (unpaired) electrons. The van der Waals surface area contributed by atoms with Crippen LogP contribution in [0, 0.1) is 0 Å². The number of aliphatic imine (C=N–C) groups is 1. The number of piperazine rings is 3. The second-order valence-corrected chi connectivity index (χ2v) is 8.05. The smallest absolute Gasteiger partial charge is 0.194 e. The Morgan fingerprint density at radius 1 is 1.38 bits per heavy atom. The molecule has 1 aromatic rings. The highest BCUT2D eigenvalue weighted by Crippen LogP contribution is 2.22. The quantitative estimate of drug-likeness (QED) is 0.396. The number of guanidine groups is 1. The van der Waals surface area contributed by atoms with E-state index >= 15 is 0 Å². The maximum atomic E-state index is 6.03. The molecule has 4 heterocycles. The Morgan fingerprint density at radius 3 is 2.67 bits per heavy atom. The van der Waals surface area contributed by atoms with Gasteiger partial charge in [-0.2, -0.15) is 0 Å². The van der Waals surface area contributed by atoms with E-state index in [4.69, 9.17) is 16.6 Å². The van der Waals surface area contributed by atoms with Crippen molar-refractivity contribution < 1.29 is 0 Å². The van der Waals surface area contributed by atoms with Crippen LogP contribution in [0.25, 0.3) is 0 Å². The minimum atomic E-state index is 0. The van der Waals surface area contributed by atoms with Crippen molar-refractivity contribution in [3.8, 4) is 0 Å². The van der Waals surface area contributed by atoms with Crippen molar-refractivity contribution in [1.29, 1.82) is 0 Å². The fraction of sp³-hybridized carbons (Fsp3) is 0.688. The predicted octanol–water partition coefficient (Wildman–Crippen LogP) is 2.42. The third-order valence-electron chi connectivity index (χ3n) is 4.56. The molecule has 3 fully saturated rings. The molecule has 0 aliphatic carbocycles. The van der Waals surface area contributed by atoms with E-state index in [2.05, 4.69) is 40.1 Å². The number of hydrogen-bond donors (Lipinski definition) is 1. The van der Waals surface area contributed by atoms with Crippen molar-refractivity contribution in [2.75, 3.05) is 52.9 Å². The van der Waals surface area contributed by atoms with Gasteiger partial charge in [-0.1, -0.05) is 11.6 Å². The molecule has 1 unspecified atom stereocenters. The molecular formula is C16H27ClIN5S. The van der Waals surface area contributed by atoms with Gasteiger partial charge in [0.05, 0.1) is 17.4 Å². The van der Waals surface area contributed by atoms with Crippen molar-refractivity contribution in [3.63, 3.8) is 0 Å². The Labute approximate surface area is 171 Å². The molecule has 2 bridgehead atoms. The van der Waals surface area contributed by atoms with Gasteiger partial charge >= 0.3 is 0 Å². The number of fused-ring (bicyclic) bond motifs is 3. The maximum absolute atomic E-state index is 6.03. The first-order valence-corrected chi connectivity index (χ1v) is 9.55. The monoisotopic (exact) mass is 483 g/mol. The second-order valence-electron chi connectivity index (χ2n) is 6.25. The second kappa shape index (κ2) is 9.56. The summed E-state index contributed by atoms with van der Waals surface area (Å²) < 4.78 is 0.843. The van der Waals surface area contributed by atoms with Crippen LogP contribution < -0.4 is 5.32 Å². The first-order valence-electron chi connectivity index (χ1n) is 8.35. The molecule has 5 nitrogen and oxygen atoms in total. The Kier molecular flexibility index (Phi) is 8.06. The van der Waals surface area contributed by atoms with Crippen molar-refractivity contribution in [2.45, 2.75) is 19.5 Å². The predicted molar refractivity (Wildman–Crippen MR) is 114 cm³/mol. The van der Waals surface area contributed by atoms with Crippen molar-refractivity contribution in [1.82, 2.24) is 20.0 Å². The van der Waals surface area contributed by atoms with E-state index in [1.807, 2.05) is 6.07 Å². The lowest BCUT2D eigenvalue weighted by molar-refractivity contribution is 0.0173. The topological polar surface area (TPSA) is 34.1 Å². The summed E-state index contributed by atoms with van der Waals surface area (Å²) in [4.78, 5) is 13.5. The van der Waals surface area contributed by atoms with Crippen LogP contribution in [-0.2, 0) is 6.54 Å². The molecular weight excluding hydrogens is 457 g/mol. The minimum Gasteiger partial charge on any atom is -0.357 e. The van der Waals surface area contributed by atoms with Crippen LogP contribution in [0.1, 0.15) is 11.8 Å². The van der Waals surface area contributed by atoms with Gasteiger partial charge in [-0.15, -0.1) is 35.3 Å². The zero-order chi connectivity index (χ0) is 16.2. The molecule has 4 rings (SSSR count). The van der Waals surface area contributed by atoms with Gasteiger partial charge in [0.2, 0.25) is 0 Å². The maximum Gasteiger partial charge on any atom is 0.194 e. The number of hydrogen-bond acceptors (Lipinski definition) is 4. The average Bonchev–Trinajstić information content (AvgIpc) is 2.97. The molecule has 1 atom stereocenters. The summed E-state index contributed by atoms with van der Waals surface area (Å²) in [6.07, 6.45) is 0. The lowest BCUT2D eigenvalue weighted by atomic mass is 10.1. The first-order chi connectivity index (χ1) is 11.2. The number of rotatable bonds is 5. The van der Waals surface area contributed by atoms with Crippen LogP contribution in [0.3, 0.4) is 0 Å². The summed E-state index contributed by atoms with van der Waals surface area (Å²) in [5.74, 6) is 0.981. The first kappa shape index (κ1) is 20.2. The number of halogens is 2. The third kappa shape index (κ3) is 5.20. The third-order valence-corrected chi connectivity index (χ3v) is 5.78. The largest absolute Gasteiger partial charge is 0.357 e. The molecule has 0 aromatic carbocycles. The molecule has 0 amide bonds. The Balaban J connectivity index is 0.00000208. The molecule has 1 aromatic heterocycles. The van der Waals surface area contributed by atoms with Gasteiger partial charge in [0.15, 0.2) is 5.96 Å². The van der Waals surface area contributed by atoms with Gasteiger partial charge in [-0.3, -0.25) is 14.8 Å². The van der Waals surface area contributed by atoms with Gasteiger partial charge in [0.1, 0.15) is 0 Å². The van der Waals surface area contributed by atoms with Crippen LogP contribution >= 0.6 is 46.9 Å². The van der Waals surface area contributed by atoms with E-state index in [-0.39, 0.29) is 24.0 Å². The number of thiophene rings is 1. The van der Waals surface area contributed by atoms with E-state index in [1.165, 1.54) is 31.1 Å². The van der Waals surface area contributed by atoms with Crippen LogP contribution in [0.4, 0.5) is 0 Å². The van der Waals surface area contributed by atoms with Gasteiger partial charge in [-0.25, -0.2) is 0 Å². The minimum absolute atomic E-state index is 0. The molecule has 8 heteroatoms. The summed E-state index contributed by atoms with van der Waals surface area (Å²) in [5.41, 5.74) is 0. The molecule has 0 spiro atoms. The highest BCUT2D eigenvalue weighted by Gasteiger charge is 2.31. The summed E-state index contributed by atoms with van der Waals surface area (Å²) in [6.45, 7) is 10.7. The lowest BCUT2D eigenvalue weighted by Crippen LogP contribution is -2.62. The molecule has 1 N–H and O–H groups in total. The van der Waals surface area contributed by atoms with Gasteiger partial charge < -0.3 is 10.2 Å². The van der Waals surface area contributed by atoms with Gasteiger partial charge in [0, 0.05) is 57.2 Å². The summed E-state index contributed by atoms with van der Waals surface area (Å²) in [5, 5.41) is 3.41. The Morgan fingerprint density at radius 2 is 2.12 bits per heavy atom. The molecule has 3 aliphatic heterocycles. The number of nitrogens with one attached hydrogen (secondary N) is 1. The van der Waals surface area contributed by atoms with Gasteiger partial charge in [-0.05, 0) is 19.1 Å². The molecule has 3 saturated heterocycles. The average molecular weight is 484 g/mol. The molecule has 3 aliphatic rings. The summed E-state index contributed by atoms with van der Waals surface area (Å²) in [6, 6.07) is 4.61. The van der Waals surface area contributed by atoms with Crippen LogP contribution in [0.15, 0.2) is 17.1 Å². The van der Waals surface area contributed by atoms with E-state index in [0.717, 1.165) is 36.5 Å². The summed E-state index contributed by atoms with van der Waals surface area (Å²) in [7, 11) is 2.09. The Bertz CT molecular complexity index is 544. The van der Waals surface area contributed by atoms with E-state index < -0.39 is 0 Å². The normalized spacial score (nSPS) is 26.1. The zero-order valence-corrected chi connectivity index (χ0v) is 18.3. The molecule has 136 valence electrons. The molecule has 0 saturated carbocycles. The van der Waals surface area contributed by atoms with E-state index in [9.17, 15) is 0 Å². The highest BCUT2D eigenvalue weighted by molar-refractivity contribution is 14.0. The van der Waals surface area contributed by atoms with Crippen LogP contribution in [0.2, 0.25) is 4.34 Å². The van der Waals surface area contributed by atoms with E-state index in [1.54, 1.807) is 11.3 Å². The van der Waals surface area contributed by atoms with Crippen molar-refractivity contribution >= 4 is 52.9 Å². The lowest BCUT2D eigenvalue weighted by Gasteiger charge is -2.47. The van der Waals surface area contributed by atoms with E-state index in [0.29, 0.717) is 6.04 Å². The van der Waals surface area contributed by atoms with Crippen LogP contribution in [-0.4, -0.2) is 79.6 Å². The van der Waals surface area contributed by atoms with Crippen LogP contribution in [0.5, 0.6) is 0 Å². The zero-order valence-electron chi connectivity index (χ0n) is 14.4. The number of nitrogens with zero attached hydrogens (tertiary/aromatic N) is 4. The standard InChI is InChI=1S/C16H26ClN5S.HI/c1-3-18-16(20(2)12-14-4-5-15(17)23-14)19-10-13-11-21-6-8-22(13)9-7-21;/h4-5,13H,3,6-12H2,1-2H3,(H,18,19);1H. The SMILES string of the molecule is CCNC(=NCC1CN2CCN1CC2)N(C)Cc1ccc(Cl)s1.I. The highest BCUT2D eigenvalue weighted by atomic mass is 127. The van der Waals surface area contributed by atoms with Crippen molar-refractivity contribution in [2.24, 2.45) is 4.99 Å². The fourth-order valence-electron chi connectivity index (χ4n) is 3.30. The summed E-state index contributed by atoms with van der Waals surface area (Å²) >= 11 is 7.66. The fourth-order valence-corrected chi connectivity index (χ4v) is 4.45. The van der Waals surface area contributed by atoms with Gasteiger partial charge in [0.25, 0.3) is 0 Å².